The molecule has 7 nitrogen and oxygen atoms in total. The number of hydrogen-bond donors (Lipinski definition) is 1. The van der Waals surface area contributed by atoms with Gasteiger partial charge in [0.1, 0.15) is 0 Å². The number of amides is 2. The maximum Gasteiger partial charge on any atom is 0.274 e. The van der Waals surface area contributed by atoms with Crippen LogP contribution in [0.25, 0.3) is 10.8 Å². The van der Waals surface area contributed by atoms with Crippen molar-refractivity contribution in [3.8, 4) is 0 Å². The molecule has 0 atom stereocenters. The molecule has 30 heavy (non-hydrogen) atoms. The zero-order chi connectivity index (χ0) is 21.1. The van der Waals surface area contributed by atoms with Gasteiger partial charge < -0.3 is 10.2 Å². The fraction of sp³-hybridized carbons (Fsp3) is 0.304. The largest absolute Gasteiger partial charge is 0.347 e. The minimum absolute atomic E-state index is 0.0309. The van der Waals surface area contributed by atoms with Crippen LogP contribution in [0, 0.1) is 0 Å². The first-order valence-corrected chi connectivity index (χ1v) is 10.2. The molecule has 2 amide bonds. The molecule has 154 valence electrons. The third-order valence-electron chi connectivity index (χ3n) is 5.40. The number of rotatable bonds is 5. The lowest BCUT2D eigenvalue weighted by Crippen LogP contribution is -2.30. The molecule has 0 saturated carbocycles. The summed E-state index contributed by atoms with van der Waals surface area (Å²) in [5.74, 6) is -0.326. The average Bonchev–Trinajstić information content (AvgIpc) is 3.32. The molecule has 1 fully saturated rings. The summed E-state index contributed by atoms with van der Waals surface area (Å²) in [5, 5.41) is 8.13. The molecule has 3 aromatic rings. The van der Waals surface area contributed by atoms with Crippen LogP contribution in [0.2, 0.25) is 0 Å². The van der Waals surface area contributed by atoms with Gasteiger partial charge in [-0.1, -0.05) is 30.3 Å². The Morgan fingerprint density at radius 3 is 2.50 bits per heavy atom. The van der Waals surface area contributed by atoms with Crippen molar-refractivity contribution in [3.63, 3.8) is 0 Å². The number of carbonyl (C=O) groups excluding carboxylic acids is 2. The molecule has 2 heterocycles. The summed E-state index contributed by atoms with van der Waals surface area (Å²) in [5.41, 5.74) is 1.47. The highest BCUT2D eigenvalue weighted by molar-refractivity contribution is 6.04. The van der Waals surface area contributed by atoms with Gasteiger partial charge in [-0.3, -0.25) is 14.4 Å². The Morgan fingerprint density at radius 2 is 1.77 bits per heavy atom. The van der Waals surface area contributed by atoms with Crippen molar-refractivity contribution in [1.82, 2.24) is 20.0 Å². The zero-order valence-electron chi connectivity index (χ0n) is 16.9. The molecule has 1 aliphatic rings. The predicted molar refractivity (Wildman–Crippen MR) is 114 cm³/mol. The third-order valence-corrected chi connectivity index (χ3v) is 5.40. The number of aromatic nitrogens is 2. The van der Waals surface area contributed by atoms with E-state index < -0.39 is 0 Å². The summed E-state index contributed by atoms with van der Waals surface area (Å²) in [6.07, 6.45) is 2.09. The van der Waals surface area contributed by atoms with E-state index in [1.54, 1.807) is 30.3 Å². The van der Waals surface area contributed by atoms with Crippen LogP contribution in [-0.2, 0) is 13.1 Å². The fourth-order valence-corrected chi connectivity index (χ4v) is 3.80. The summed E-state index contributed by atoms with van der Waals surface area (Å²) in [6, 6.07) is 14.3. The van der Waals surface area contributed by atoms with E-state index in [1.807, 2.05) is 30.0 Å². The summed E-state index contributed by atoms with van der Waals surface area (Å²) in [6.45, 7) is 4.05. The van der Waals surface area contributed by atoms with E-state index >= 15 is 0 Å². The molecule has 0 radical (unpaired) electrons. The van der Waals surface area contributed by atoms with Crippen molar-refractivity contribution in [3.05, 3.63) is 75.7 Å². The van der Waals surface area contributed by atoms with Crippen molar-refractivity contribution in [2.45, 2.75) is 32.9 Å². The molecule has 1 N–H and O–H groups in total. The SMILES string of the molecule is CCn1nc(C(=O)NCc2cccc(C(=O)N3CCCC3)c2)c2ccccc2c1=O. The van der Waals surface area contributed by atoms with Crippen LogP contribution in [0.15, 0.2) is 53.3 Å². The van der Waals surface area contributed by atoms with Gasteiger partial charge in [0, 0.05) is 37.1 Å². The van der Waals surface area contributed by atoms with E-state index in [-0.39, 0.29) is 29.6 Å². The van der Waals surface area contributed by atoms with Crippen LogP contribution < -0.4 is 10.9 Å². The lowest BCUT2D eigenvalue weighted by atomic mass is 10.1. The van der Waals surface area contributed by atoms with Crippen molar-refractivity contribution in [1.29, 1.82) is 0 Å². The average molecular weight is 404 g/mol. The topological polar surface area (TPSA) is 84.3 Å². The van der Waals surface area contributed by atoms with Crippen LogP contribution in [0.5, 0.6) is 0 Å². The number of carbonyl (C=O) groups is 2. The Kier molecular flexibility index (Phi) is 5.61. The van der Waals surface area contributed by atoms with Gasteiger partial charge >= 0.3 is 0 Å². The minimum atomic E-state index is -0.357. The van der Waals surface area contributed by atoms with Gasteiger partial charge in [-0.15, -0.1) is 0 Å². The fourth-order valence-electron chi connectivity index (χ4n) is 3.80. The van der Waals surface area contributed by atoms with Crippen LogP contribution in [-0.4, -0.2) is 39.6 Å². The highest BCUT2D eigenvalue weighted by Crippen LogP contribution is 2.15. The molecule has 0 unspecified atom stereocenters. The smallest absolute Gasteiger partial charge is 0.274 e. The van der Waals surface area contributed by atoms with E-state index in [9.17, 15) is 14.4 Å². The van der Waals surface area contributed by atoms with E-state index in [4.69, 9.17) is 0 Å². The molecular weight excluding hydrogens is 380 g/mol. The van der Waals surface area contributed by atoms with Gasteiger partial charge in [0.05, 0.1) is 5.39 Å². The van der Waals surface area contributed by atoms with Crippen LogP contribution in [0.1, 0.15) is 46.2 Å². The van der Waals surface area contributed by atoms with Crippen LogP contribution >= 0.6 is 0 Å². The van der Waals surface area contributed by atoms with Crippen molar-refractivity contribution in [2.75, 3.05) is 13.1 Å². The Hall–Kier alpha value is -3.48. The standard InChI is InChI=1S/C23H24N4O3/c1-2-27-23(30)19-11-4-3-10-18(19)20(25-27)21(28)24-15-16-8-7-9-17(14-16)22(29)26-12-5-6-13-26/h3-4,7-11,14H,2,5-6,12-13,15H2,1H3,(H,24,28). The van der Waals surface area contributed by atoms with Crippen LogP contribution in [0.4, 0.5) is 0 Å². The second kappa shape index (κ2) is 8.49. The molecule has 1 aromatic heterocycles. The second-order valence-electron chi connectivity index (χ2n) is 7.40. The number of hydrogen-bond acceptors (Lipinski definition) is 4. The molecular formula is C23H24N4O3. The quantitative estimate of drug-likeness (QED) is 0.708. The lowest BCUT2D eigenvalue weighted by Gasteiger charge is -2.16. The van der Waals surface area contributed by atoms with E-state index in [0.717, 1.165) is 31.5 Å². The van der Waals surface area contributed by atoms with Gasteiger partial charge in [0.2, 0.25) is 0 Å². The summed E-state index contributed by atoms with van der Waals surface area (Å²) in [7, 11) is 0. The number of likely N-dealkylation sites (tertiary alicyclic amines) is 1. The molecule has 0 aliphatic carbocycles. The molecule has 1 saturated heterocycles. The molecule has 7 heteroatoms. The molecule has 4 rings (SSSR count). The first kappa shape index (κ1) is 19.8. The normalized spacial score (nSPS) is 13.6. The maximum absolute atomic E-state index is 12.9. The summed E-state index contributed by atoms with van der Waals surface area (Å²) < 4.78 is 1.30. The van der Waals surface area contributed by atoms with Gasteiger partial charge in [0.15, 0.2) is 5.69 Å². The molecule has 0 spiro atoms. The summed E-state index contributed by atoms with van der Waals surface area (Å²) in [4.78, 5) is 39.8. The van der Waals surface area contributed by atoms with E-state index in [2.05, 4.69) is 10.4 Å². The van der Waals surface area contributed by atoms with Crippen molar-refractivity contribution in [2.24, 2.45) is 0 Å². The summed E-state index contributed by atoms with van der Waals surface area (Å²) >= 11 is 0. The van der Waals surface area contributed by atoms with Gasteiger partial charge in [-0.05, 0) is 43.5 Å². The molecule has 0 bridgehead atoms. The monoisotopic (exact) mass is 404 g/mol. The predicted octanol–water partition coefficient (Wildman–Crippen LogP) is 2.58. The number of nitrogens with one attached hydrogen (secondary N) is 1. The third kappa shape index (κ3) is 3.83. The number of benzene rings is 2. The van der Waals surface area contributed by atoms with Crippen molar-refractivity contribution >= 4 is 22.6 Å². The Balaban J connectivity index is 1.54. The van der Waals surface area contributed by atoms with Crippen LogP contribution in [0.3, 0.4) is 0 Å². The number of nitrogens with zero attached hydrogens (tertiary/aromatic N) is 3. The first-order chi connectivity index (χ1) is 14.6. The highest BCUT2D eigenvalue weighted by Gasteiger charge is 2.20. The highest BCUT2D eigenvalue weighted by atomic mass is 16.2. The second-order valence-corrected chi connectivity index (χ2v) is 7.40. The molecule has 2 aromatic carbocycles. The minimum Gasteiger partial charge on any atom is -0.347 e. The van der Waals surface area contributed by atoms with Crippen molar-refractivity contribution < 1.29 is 9.59 Å². The zero-order valence-corrected chi connectivity index (χ0v) is 16.9. The first-order valence-electron chi connectivity index (χ1n) is 10.2. The van der Waals surface area contributed by atoms with Gasteiger partial charge in [-0.25, -0.2) is 4.68 Å². The van der Waals surface area contributed by atoms with E-state index in [1.165, 1.54) is 4.68 Å². The lowest BCUT2D eigenvalue weighted by molar-refractivity contribution is 0.0792. The molecule has 1 aliphatic heterocycles. The van der Waals surface area contributed by atoms with E-state index in [0.29, 0.717) is 22.9 Å². The Morgan fingerprint density at radius 1 is 1.03 bits per heavy atom. The number of aryl methyl sites for hydroxylation is 1. The Bertz CT molecular complexity index is 1160. The number of fused-ring (bicyclic) bond motifs is 1. The van der Waals surface area contributed by atoms with Gasteiger partial charge in [0.25, 0.3) is 17.4 Å². The maximum atomic E-state index is 12.9. The Labute approximate surface area is 174 Å². The van der Waals surface area contributed by atoms with Gasteiger partial charge in [-0.2, -0.15) is 5.10 Å².